The van der Waals surface area contributed by atoms with Crippen LogP contribution in [0.3, 0.4) is 0 Å². The van der Waals surface area contributed by atoms with Gasteiger partial charge in [0.25, 0.3) is 5.79 Å². The Morgan fingerprint density at radius 3 is 2.50 bits per heavy atom. The van der Waals surface area contributed by atoms with E-state index < -0.39 is 61.1 Å². The predicted molar refractivity (Wildman–Crippen MR) is 69.2 cm³/mol. The Morgan fingerprint density at radius 1 is 1.45 bits per heavy atom. The molecule has 0 aromatic carbocycles. The van der Waals surface area contributed by atoms with Gasteiger partial charge in [-0.2, -0.15) is 0 Å². The van der Waals surface area contributed by atoms with Crippen molar-refractivity contribution < 1.29 is 44.6 Å². The number of amides is 1. The zero-order chi connectivity index (χ0) is 17.1. The molecule has 0 unspecified atom stereocenters. The molecule has 0 aromatic rings. The summed E-state index contributed by atoms with van der Waals surface area (Å²) in [5.74, 6) is -4.32. The number of aliphatic hydroxyl groups is 5. The van der Waals surface area contributed by atoms with Gasteiger partial charge in [0.2, 0.25) is 5.91 Å². The van der Waals surface area contributed by atoms with Crippen LogP contribution in [-0.4, -0.2) is 87.4 Å². The van der Waals surface area contributed by atoms with E-state index >= 15 is 0 Å². The molecule has 1 amide bonds. The fourth-order valence-electron chi connectivity index (χ4n) is 2.29. The summed E-state index contributed by atoms with van der Waals surface area (Å²) in [6.07, 6.45) is -7.09. The normalized spacial score (nSPS) is 34.6. The monoisotopic (exact) mass is 323 g/mol. The highest BCUT2D eigenvalue weighted by Gasteiger charge is 2.54. The third-order valence-electron chi connectivity index (χ3n) is 3.38. The molecular formula is C12H21NO9. The van der Waals surface area contributed by atoms with Crippen molar-refractivity contribution in [2.45, 2.75) is 49.6 Å². The molecule has 6 N–H and O–H groups in total. The second-order valence-electron chi connectivity index (χ2n) is 5.10. The Kier molecular flexibility index (Phi) is 6.23. The van der Waals surface area contributed by atoms with Crippen molar-refractivity contribution in [1.29, 1.82) is 0 Å². The van der Waals surface area contributed by atoms with E-state index in [1.165, 1.54) is 0 Å². The molecule has 1 heterocycles. The average molecular weight is 323 g/mol. The molecule has 0 aromatic heterocycles. The Labute approximate surface area is 126 Å². The van der Waals surface area contributed by atoms with Gasteiger partial charge in [-0.25, -0.2) is 4.79 Å². The molecule has 22 heavy (non-hydrogen) atoms. The first-order valence-corrected chi connectivity index (χ1v) is 6.57. The van der Waals surface area contributed by atoms with E-state index in [9.17, 15) is 30.0 Å². The lowest BCUT2D eigenvalue weighted by atomic mass is 9.88. The smallest absolute Gasteiger partial charge is 0.366 e. The minimum atomic E-state index is -2.55. The van der Waals surface area contributed by atoms with E-state index in [2.05, 4.69) is 10.1 Å². The van der Waals surface area contributed by atoms with Crippen LogP contribution in [0, 0.1) is 0 Å². The van der Waals surface area contributed by atoms with E-state index in [0.717, 1.165) is 14.0 Å². The molecule has 1 saturated heterocycles. The number of carbonyl (C=O) groups is 2. The molecule has 1 fully saturated rings. The highest BCUT2D eigenvalue weighted by molar-refractivity contribution is 5.78. The standard InChI is InChI=1S/C12H21NO9/c1-5(15)13-8-6(16)3-12(20,11(19)21-2)22-10(8)9(18)7(17)4-14/h6-10,14,16-18,20H,3-4H2,1-2H3,(H,13,15)/t6-,7+,8-,9+,10-,12+/m0/s1. The lowest BCUT2D eigenvalue weighted by Crippen LogP contribution is -2.67. The number of hydrogen-bond donors (Lipinski definition) is 6. The lowest BCUT2D eigenvalue weighted by Gasteiger charge is -2.45. The summed E-state index contributed by atoms with van der Waals surface area (Å²) in [5, 5.41) is 50.8. The van der Waals surface area contributed by atoms with Gasteiger partial charge >= 0.3 is 5.97 Å². The lowest BCUT2D eigenvalue weighted by molar-refractivity contribution is -0.296. The summed E-state index contributed by atoms with van der Waals surface area (Å²) in [6, 6.07) is -1.21. The van der Waals surface area contributed by atoms with E-state index in [4.69, 9.17) is 9.84 Å². The molecule has 1 aliphatic heterocycles. The number of nitrogens with one attached hydrogen (secondary N) is 1. The van der Waals surface area contributed by atoms with E-state index in [0.29, 0.717) is 0 Å². The van der Waals surface area contributed by atoms with Crippen molar-refractivity contribution in [2.24, 2.45) is 0 Å². The number of aliphatic hydroxyl groups excluding tert-OH is 4. The van der Waals surface area contributed by atoms with Gasteiger partial charge < -0.3 is 40.3 Å². The van der Waals surface area contributed by atoms with Gasteiger partial charge in [0, 0.05) is 13.3 Å². The van der Waals surface area contributed by atoms with E-state index in [-0.39, 0.29) is 0 Å². The molecule has 0 aliphatic carbocycles. The van der Waals surface area contributed by atoms with Crippen LogP contribution in [0.15, 0.2) is 0 Å². The first-order chi connectivity index (χ1) is 10.2. The van der Waals surface area contributed by atoms with Crippen LogP contribution in [0.2, 0.25) is 0 Å². The number of carbonyl (C=O) groups excluding carboxylic acids is 2. The summed E-state index contributed by atoms with van der Waals surface area (Å²) in [5.41, 5.74) is 0. The second kappa shape index (κ2) is 7.31. The van der Waals surface area contributed by atoms with Crippen LogP contribution in [0.4, 0.5) is 0 Å². The maximum absolute atomic E-state index is 11.6. The quantitative estimate of drug-likeness (QED) is 0.278. The Hall–Kier alpha value is -1.30. The highest BCUT2D eigenvalue weighted by atomic mass is 16.7. The molecule has 0 saturated carbocycles. The largest absolute Gasteiger partial charge is 0.465 e. The van der Waals surface area contributed by atoms with Crippen LogP contribution in [0.5, 0.6) is 0 Å². The van der Waals surface area contributed by atoms with Crippen LogP contribution in [0.1, 0.15) is 13.3 Å². The average Bonchev–Trinajstić information content (AvgIpc) is 2.46. The minimum Gasteiger partial charge on any atom is -0.465 e. The Balaban J connectivity index is 3.09. The van der Waals surface area contributed by atoms with Crippen molar-refractivity contribution in [2.75, 3.05) is 13.7 Å². The first-order valence-electron chi connectivity index (χ1n) is 6.57. The topological polar surface area (TPSA) is 166 Å². The number of ether oxygens (including phenoxy) is 2. The fraction of sp³-hybridized carbons (Fsp3) is 0.833. The first kappa shape index (κ1) is 18.7. The van der Waals surface area contributed by atoms with Crippen LogP contribution >= 0.6 is 0 Å². The zero-order valence-corrected chi connectivity index (χ0v) is 12.2. The van der Waals surface area contributed by atoms with E-state index in [1.54, 1.807) is 0 Å². The Morgan fingerprint density at radius 2 is 2.05 bits per heavy atom. The zero-order valence-electron chi connectivity index (χ0n) is 12.2. The molecule has 1 aliphatic rings. The molecule has 1 rings (SSSR count). The van der Waals surface area contributed by atoms with Crippen molar-refractivity contribution in [1.82, 2.24) is 5.32 Å². The van der Waals surface area contributed by atoms with E-state index in [1.807, 2.05) is 0 Å². The van der Waals surface area contributed by atoms with Crippen molar-refractivity contribution in [3.05, 3.63) is 0 Å². The summed E-state index contributed by atoms with van der Waals surface area (Å²) < 4.78 is 9.45. The third kappa shape index (κ3) is 3.91. The third-order valence-corrected chi connectivity index (χ3v) is 3.38. The van der Waals surface area contributed by atoms with Gasteiger partial charge in [-0.3, -0.25) is 4.79 Å². The number of methoxy groups -OCH3 is 1. The minimum absolute atomic E-state index is 0.563. The highest BCUT2D eigenvalue weighted by Crippen LogP contribution is 2.31. The summed E-state index contributed by atoms with van der Waals surface area (Å²) >= 11 is 0. The molecule has 0 spiro atoms. The van der Waals surface area contributed by atoms with Crippen LogP contribution in [-0.2, 0) is 19.1 Å². The number of esters is 1. The molecular weight excluding hydrogens is 302 g/mol. The summed E-state index contributed by atoms with van der Waals surface area (Å²) in [6.45, 7) is 0.320. The van der Waals surface area contributed by atoms with Gasteiger partial charge in [0.1, 0.15) is 18.3 Å². The summed E-state index contributed by atoms with van der Waals surface area (Å²) in [7, 11) is 0.990. The summed E-state index contributed by atoms with van der Waals surface area (Å²) in [4.78, 5) is 22.8. The fourth-order valence-corrected chi connectivity index (χ4v) is 2.29. The van der Waals surface area contributed by atoms with Gasteiger partial charge in [0.05, 0.1) is 25.9 Å². The maximum Gasteiger partial charge on any atom is 0.366 e. The maximum atomic E-state index is 11.6. The molecule has 10 nitrogen and oxygen atoms in total. The van der Waals surface area contributed by atoms with Gasteiger partial charge in [-0.1, -0.05) is 0 Å². The molecule has 0 radical (unpaired) electrons. The second-order valence-corrected chi connectivity index (χ2v) is 5.10. The predicted octanol–water partition coefficient (Wildman–Crippen LogP) is -3.78. The molecule has 0 bridgehead atoms. The van der Waals surface area contributed by atoms with Gasteiger partial charge in [-0.05, 0) is 0 Å². The molecule has 6 atom stereocenters. The SMILES string of the molecule is COC(=O)[C@@]1(O)C[C@H](O)[C@H](NC(C)=O)[C@@H]([C@H](O)[C@H](O)CO)O1. The van der Waals surface area contributed by atoms with Gasteiger partial charge in [0.15, 0.2) is 0 Å². The van der Waals surface area contributed by atoms with Gasteiger partial charge in [-0.15, -0.1) is 0 Å². The number of rotatable bonds is 5. The van der Waals surface area contributed by atoms with Crippen molar-refractivity contribution >= 4 is 11.9 Å². The molecule has 128 valence electrons. The Bertz CT molecular complexity index is 417. The van der Waals surface area contributed by atoms with Crippen molar-refractivity contribution in [3.8, 4) is 0 Å². The number of hydrogen-bond acceptors (Lipinski definition) is 9. The van der Waals surface area contributed by atoms with Crippen molar-refractivity contribution in [3.63, 3.8) is 0 Å². The van der Waals surface area contributed by atoms with Crippen LogP contribution in [0.25, 0.3) is 0 Å². The van der Waals surface area contributed by atoms with Crippen LogP contribution < -0.4 is 5.32 Å². The molecule has 10 heteroatoms.